The minimum Gasteiger partial charge on any atom is -0.411 e. The predicted molar refractivity (Wildman–Crippen MR) is 113 cm³/mol. The van der Waals surface area contributed by atoms with Gasteiger partial charge in [0.15, 0.2) is 8.32 Å². The summed E-state index contributed by atoms with van der Waals surface area (Å²) in [5.41, 5.74) is 4.62. The molecule has 3 heterocycles. The van der Waals surface area contributed by atoms with E-state index in [1.807, 2.05) is 0 Å². The highest BCUT2D eigenvalue weighted by Gasteiger charge is 2.37. The lowest BCUT2D eigenvalue weighted by molar-refractivity contribution is 0.161. The molecule has 0 radical (unpaired) electrons. The Bertz CT molecular complexity index is 806. The molecule has 0 unspecified atom stereocenters. The summed E-state index contributed by atoms with van der Waals surface area (Å²) in [6, 6.07) is 4.26. The van der Waals surface area contributed by atoms with Gasteiger partial charge in [-0.05, 0) is 70.4 Å². The summed E-state index contributed by atoms with van der Waals surface area (Å²) in [4.78, 5) is 4.79. The fourth-order valence-corrected chi connectivity index (χ4v) is 4.19. The van der Waals surface area contributed by atoms with Gasteiger partial charge in [-0.25, -0.2) is 4.98 Å². The van der Waals surface area contributed by atoms with Crippen LogP contribution in [-0.2, 0) is 15.8 Å². The molecular formula is C19H27IN2O2Si. The summed E-state index contributed by atoms with van der Waals surface area (Å²) in [7, 11) is -1.77. The van der Waals surface area contributed by atoms with E-state index in [1.165, 1.54) is 11.1 Å². The zero-order chi connectivity index (χ0) is 18.2. The van der Waals surface area contributed by atoms with Gasteiger partial charge in [-0.2, -0.15) is 0 Å². The SMILES string of the molecule is CC(C)(C)[Si](C)(C)OCc1nc2ccc(C3=CCOCC3)cn2c1I. The van der Waals surface area contributed by atoms with Crippen LogP contribution in [-0.4, -0.2) is 30.9 Å². The van der Waals surface area contributed by atoms with Crippen molar-refractivity contribution in [2.45, 2.75) is 51.9 Å². The highest BCUT2D eigenvalue weighted by atomic mass is 127. The largest absolute Gasteiger partial charge is 0.411 e. The van der Waals surface area contributed by atoms with Crippen LogP contribution in [0.25, 0.3) is 11.2 Å². The third-order valence-electron chi connectivity index (χ3n) is 5.34. The lowest BCUT2D eigenvalue weighted by Crippen LogP contribution is -2.40. The van der Waals surface area contributed by atoms with Gasteiger partial charge in [0.2, 0.25) is 0 Å². The van der Waals surface area contributed by atoms with Gasteiger partial charge >= 0.3 is 0 Å². The van der Waals surface area contributed by atoms with Crippen molar-refractivity contribution in [1.82, 2.24) is 9.38 Å². The van der Waals surface area contributed by atoms with Crippen molar-refractivity contribution in [3.8, 4) is 0 Å². The van der Waals surface area contributed by atoms with Crippen LogP contribution in [0.15, 0.2) is 24.4 Å². The van der Waals surface area contributed by atoms with Crippen LogP contribution in [0.4, 0.5) is 0 Å². The molecule has 1 aliphatic heterocycles. The number of ether oxygens (including phenoxy) is 1. The second-order valence-electron chi connectivity index (χ2n) is 8.10. The van der Waals surface area contributed by atoms with Crippen LogP contribution in [0, 0.1) is 3.70 Å². The first-order chi connectivity index (χ1) is 11.7. The van der Waals surface area contributed by atoms with Crippen molar-refractivity contribution >= 4 is 42.1 Å². The zero-order valence-electron chi connectivity index (χ0n) is 15.7. The van der Waals surface area contributed by atoms with Crippen molar-refractivity contribution in [3.05, 3.63) is 39.4 Å². The predicted octanol–water partition coefficient (Wildman–Crippen LogP) is 5.26. The van der Waals surface area contributed by atoms with E-state index < -0.39 is 8.32 Å². The van der Waals surface area contributed by atoms with E-state index in [9.17, 15) is 0 Å². The molecule has 0 saturated carbocycles. The first-order valence-electron chi connectivity index (χ1n) is 8.77. The number of fused-ring (bicyclic) bond motifs is 1. The number of hydrogen-bond donors (Lipinski definition) is 0. The van der Waals surface area contributed by atoms with Crippen LogP contribution in [0.2, 0.25) is 18.1 Å². The Morgan fingerprint density at radius 1 is 1.32 bits per heavy atom. The van der Waals surface area contributed by atoms with E-state index >= 15 is 0 Å². The molecule has 0 aromatic carbocycles. The van der Waals surface area contributed by atoms with Gasteiger partial charge in [0, 0.05) is 6.20 Å². The van der Waals surface area contributed by atoms with Gasteiger partial charge < -0.3 is 9.16 Å². The Labute approximate surface area is 164 Å². The fourth-order valence-electron chi connectivity index (χ4n) is 2.60. The molecule has 136 valence electrons. The summed E-state index contributed by atoms with van der Waals surface area (Å²) >= 11 is 2.39. The summed E-state index contributed by atoms with van der Waals surface area (Å²) in [5.74, 6) is 0. The molecular weight excluding hydrogens is 443 g/mol. The first kappa shape index (κ1) is 19.1. The summed E-state index contributed by atoms with van der Waals surface area (Å²) < 4.78 is 15.1. The third kappa shape index (κ3) is 4.02. The second-order valence-corrected chi connectivity index (χ2v) is 13.9. The third-order valence-corrected chi connectivity index (χ3v) is 11.0. The lowest BCUT2D eigenvalue weighted by atomic mass is 10.0. The number of rotatable bonds is 4. The van der Waals surface area contributed by atoms with Crippen molar-refractivity contribution in [3.63, 3.8) is 0 Å². The van der Waals surface area contributed by atoms with Crippen LogP contribution >= 0.6 is 22.6 Å². The monoisotopic (exact) mass is 470 g/mol. The van der Waals surface area contributed by atoms with Gasteiger partial charge in [-0.3, -0.25) is 4.40 Å². The van der Waals surface area contributed by atoms with Crippen LogP contribution < -0.4 is 0 Å². The number of imidazole rings is 1. The highest BCUT2D eigenvalue weighted by molar-refractivity contribution is 14.1. The average molecular weight is 470 g/mol. The second kappa shape index (κ2) is 7.13. The van der Waals surface area contributed by atoms with Crippen molar-refractivity contribution in [2.24, 2.45) is 0 Å². The number of pyridine rings is 1. The number of hydrogen-bond acceptors (Lipinski definition) is 3. The van der Waals surface area contributed by atoms with Gasteiger partial charge in [0.1, 0.15) is 9.35 Å². The molecule has 0 fully saturated rings. The van der Waals surface area contributed by atoms with Crippen LogP contribution in [0.3, 0.4) is 0 Å². The van der Waals surface area contributed by atoms with E-state index in [4.69, 9.17) is 14.1 Å². The highest BCUT2D eigenvalue weighted by Crippen LogP contribution is 2.37. The van der Waals surface area contributed by atoms with E-state index in [0.717, 1.165) is 28.1 Å². The Morgan fingerprint density at radius 3 is 2.72 bits per heavy atom. The Kier molecular flexibility index (Phi) is 5.44. The van der Waals surface area contributed by atoms with Crippen molar-refractivity contribution in [1.29, 1.82) is 0 Å². The van der Waals surface area contributed by atoms with Gasteiger partial charge in [-0.1, -0.05) is 26.8 Å². The quantitative estimate of drug-likeness (QED) is 0.452. The van der Waals surface area contributed by atoms with Gasteiger partial charge in [0.05, 0.1) is 25.5 Å². The van der Waals surface area contributed by atoms with Crippen molar-refractivity contribution in [2.75, 3.05) is 13.2 Å². The molecule has 0 saturated heterocycles. The standard InChI is InChI=1S/C19H27IN2O2Si/c1-19(2,3)25(4,5)24-13-16-18(20)22-12-15(6-7-17(22)21-16)14-8-10-23-11-9-14/h6-8,12H,9-11,13H2,1-5H3. The molecule has 0 atom stereocenters. The Balaban J connectivity index is 1.86. The smallest absolute Gasteiger partial charge is 0.192 e. The van der Waals surface area contributed by atoms with E-state index in [2.05, 4.69) is 85.3 Å². The molecule has 0 N–H and O–H groups in total. The first-order valence-corrected chi connectivity index (χ1v) is 12.8. The molecule has 2 aromatic rings. The molecule has 0 aliphatic carbocycles. The molecule has 0 spiro atoms. The van der Waals surface area contributed by atoms with Gasteiger partial charge in [-0.15, -0.1) is 0 Å². The maximum absolute atomic E-state index is 6.37. The fraction of sp³-hybridized carbons (Fsp3) is 0.526. The van der Waals surface area contributed by atoms with Gasteiger partial charge in [0.25, 0.3) is 0 Å². The summed E-state index contributed by atoms with van der Waals surface area (Å²) in [6.07, 6.45) is 5.34. The summed E-state index contributed by atoms with van der Waals surface area (Å²) in [6.45, 7) is 13.5. The molecule has 1 aliphatic rings. The number of aromatic nitrogens is 2. The lowest BCUT2D eigenvalue weighted by Gasteiger charge is -2.35. The molecule has 25 heavy (non-hydrogen) atoms. The Morgan fingerprint density at radius 2 is 2.08 bits per heavy atom. The Hall–Kier alpha value is -0.703. The summed E-state index contributed by atoms with van der Waals surface area (Å²) in [5, 5.41) is 0.209. The van der Waals surface area contributed by atoms with E-state index in [-0.39, 0.29) is 5.04 Å². The maximum Gasteiger partial charge on any atom is 0.192 e. The van der Waals surface area contributed by atoms with E-state index in [1.54, 1.807) is 0 Å². The van der Waals surface area contributed by atoms with Crippen molar-refractivity contribution < 1.29 is 9.16 Å². The topological polar surface area (TPSA) is 35.8 Å². The van der Waals surface area contributed by atoms with E-state index in [0.29, 0.717) is 13.2 Å². The average Bonchev–Trinajstić information content (AvgIpc) is 2.88. The molecule has 4 nitrogen and oxygen atoms in total. The minimum absolute atomic E-state index is 0.209. The van der Waals surface area contributed by atoms with Crippen LogP contribution in [0.5, 0.6) is 0 Å². The zero-order valence-corrected chi connectivity index (χ0v) is 18.9. The maximum atomic E-state index is 6.37. The minimum atomic E-state index is -1.77. The molecule has 3 rings (SSSR count). The molecule has 6 heteroatoms. The number of halogens is 1. The van der Waals surface area contributed by atoms with Crippen LogP contribution in [0.1, 0.15) is 38.4 Å². The number of nitrogens with zero attached hydrogens (tertiary/aromatic N) is 2. The molecule has 0 amide bonds. The normalized spacial score (nSPS) is 16.3. The molecule has 2 aromatic heterocycles. The molecule has 0 bridgehead atoms.